The zero-order valence-corrected chi connectivity index (χ0v) is 14.9. The Kier molecular flexibility index (Phi) is 4.47. The normalized spacial score (nSPS) is 12.0. The van der Waals surface area contributed by atoms with E-state index in [-0.39, 0.29) is 31.1 Å². The highest BCUT2D eigenvalue weighted by molar-refractivity contribution is 7.92. The van der Waals surface area contributed by atoms with Crippen molar-refractivity contribution in [3.63, 3.8) is 0 Å². The molecule has 3 aromatic carbocycles. The number of phenolic OH excluding ortho intramolecular Hbond substituents is 2. The molecule has 2 N–H and O–H groups in total. The standard InChI is InChI=1S/C18H14O6S2/c19-13-1-5-15(6-2-13)25(21,22)17-9-11-18(12-10-17)26(23,24)16-7-3-14(20)4-8-16/h1-12,19-20H. The molecule has 0 bridgehead atoms. The van der Waals surface area contributed by atoms with Crippen LogP contribution in [0.1, 0.15) is 0 Å². The summed E-state index contributed by atoms with van der Waals surface area (Å²) in [6, 6.07) is 15.0. The van der Waals surface area contributed by atoms with E-state index in [1.807, 2.05) is 0 Å². The van der Waals surface area contributed by atoms with Crippen molar-refractivity contribution in [1.29, 1.82) is 0 Å². The summed E-state index contributed by atoms with van der Waals surface area (Å²) in [4.78, 5) is -0.144. The lowest BCUT2D eigenvalue weighted by atomic mass is 10.3. The second-order valence-electron chi connectivity index (χ2n) is 5.47. The molecule has 3 rings (SSSR count). The van der Waals surface area contributed by atoms with Gasteiger partial charge in [-0.3, -0.25) is 0 Å². The second-order valence-corrected chi connectivity index (χ2v) is 9.37. The molecule has 0 saturated heterocycles. The molecular formula is C18H14O6S2. The van der Waals surface area contributed by atoms with E-state index >= 15 is 0 Å². The minimum absolute atomic E-state index is 0.00978. The largest absolute Gasteiger partial charge is 0.508 e. The Balaban J connectivity index is 1.98. The van der Waals surface area contributed by atoms with Gasteiger partial charge >= 0.3 is 0 Å². The van der Waals surface area contributed by atoms with Gasteiger partial charge in [0.1, 0.15) is 11.5 Å². The van der Waals surface area contributed by atoms with Crippen LogP contribution in [0.15, 0.2) is 92.4 Å². The highest BCUT2D eigenvalue weighted by Crippen LogP contribution is 2.26. The van der Waals surface area contributed by atoms with Crippen LogP contribution in [-0.2, 0) is 19.7 Å². The number of aromatic hydroxyl groups is 2. The van der Waals surface area contributed by atoms with E-state index in [0.717, 1.165) is 0 Å². The van der Waals surface area contributed by atoms with Crippen LogP contribution in [0.25, 0.3) is 0 Å². The summed E-state index contributed by atoms with van der Waals surface area (Å²) in [5, 5.41) is 18.5. The zero-order valence-electron chi connectivity index (χ0n) is 13.3. The van der Waals surface area contributed by atoms with Gasteiger partial charge in [-0.2, -0.15) is 0 Å². The molecule has 0 atom stereocenters. The molecule has 6 nitrogen and oxygen atoms in total. The Morgan fingerprint density at radius 3 is 0.846 bits per heavy atom. The van der Waals surface area contributed by atoms with Gasteiger partial charge in [-0.25, -0.2) is 16.8 Å². The third-order valence-corrected chi connectivity index (χ3v) is 7.31. The Hall–Kier alpha value is -2.84. The molecule has 0 saturated carbocycles. The highest BCUT2D eigenvalue weighted by atomic mass is 32.2. The van der Waals surface area contributed by atoms with Crippen molar-refractivity contribution in [2.24, 2.45) is 0 Å². The van der Waals surface area contributed by atoms with Gasteiger partial charge in [0.05, 0.1) is 19.6 Å². The van der Waals surface area contributed by atoms with Crippen molar-refractivity contribution >= 4 is 19.7 Å². The molecular weight excluding hydrogens is 376 g/mol. The molecule has 134 valence electrons. The summed E-state index contributed by atoms with van der Waals surface area (Å²) < 4.78 is 50.2. The van der Waals surface area contributed by atoms with Crippen molar-refractivity contribution in [3.8, 4) is 11.5 Å². The van der Waals surface area contributed by atoms with E-state index in [0.29, 0.717) is 0 Å². The molecule has 0 fully saturated rings. The average Bonchev–Trinajstić information content (AvgIpc) is 2.62. The van der Waals surface area contributed by atoms with Crippen LogP contribution in [0, 0.1) is 0 Å². The molecule has 0 radical (unpaired) electrons. The Bertz CT molecular complexity index is 1040. The summed E-state index contributed by atoms with van der Waals surface area (Å²) in [7, 11) is -7.65. The highest BCUT2D eigenvalue weighted by Gasteiger charge is 2.21. The molecule has 0 spiro atoms. The molecule has 3 aromatic rings. The first-order chi connectivity index (χ1) is 12.2. The lowest BCUT2D eigenvalue weighted by Crippen LogP contribution is -2.04. The van der Waals surface area contributed by atoms with Crippen LogP contribution in [-0.4, -0.2) is 27.0 Å². The predicted molar refractivity (Wildman–Crippen MR) is 93.6 cm³/mol. The first-order valence-corrected chi connectivity index (χ1v) is 10.4. The van der Waals surface area contributed by atoms with Gasteiger partial charge in [-0.1, -0.05) is 0 Å². The maximum absolute atomic E-state index is 12.6. The van der Waals surface area contributed by atoms with E-state index in [1.165, 1.54) is 72.8 Å². The molecule has 0 aliphatic carbocycles. The van der Waals surface area contributed by atoms with E-state index < -0.39 is 19.7 Å². The fourth-order valence-corrected chi connectivity index (χ4v) is 4.84. The van der Waals surface area contributed by atoms with E-state index in [9.17, 15) is 27.0 Å². The average molecular weight is 390 g/mol. The lowest BCUT2D eigenvalue weighted by molar-refractivity contribution is 0.474. The molecule has 0 heterocycles. The van der Waals surface area contributed by atoms with Gasteiger partial charge in [-0.05, 0) is 72.8 Å². The molecule has 8 heteroatoms. The van der Waals surface area contributed by atoms with Gasteiger partial charge in [0.25, 0.3) is 0 Å². The fraction of sp³-hybridized carbons (Fsp3) is 0. The number of sulfone groups is 2. The zero-order chi connectivity index (χ0) is 18.9. The quantitative estimate of drug-likeness (QED) is 0.709. The lowest BCUT2D eigenvalue weighted by Gasteiger charge is -2.08. The summed E-state index contributed by atoms with van der Waals surface area (Å²) >= 11 is 0. The Morgan fingerprint density at radius 1 is 0.423 bits per heavy atom. The van der Waals surface area contributed by atoms with Crippen molar-refractivity contribution in [1.82, 2.24) is 0 Å². The van der Waals surface area contributed by atoms with Crippen molar-refractivity contribution in [2.75, 3.05) is 0 Å². The minimum atomic E-state index is -3.83. The SMILES string of the molecule is O=S(=O)(c1ccc(O)cc1)c1ccc(S(=O)(=O)c2ccc(O)cc2)cc1. The van der Waals surface area contributed by atoms with Crippen molar-refractivity contribution in [3.05, 3.63) is 72.8 Å². The van der Waals surface area contributed by atoms with Crippen LogP contribution in [0.2, 0.25) is 0 Å². The fourth-order valence-electron chi connectivity index (χ4n) is 2.32. The van der Waals surface area contributed by atoms with Crippen molar-refractivity contribution in [2.45, 2.75) is 19.6 Å². The van der Waals surface area contributed by atoms with Gasteiger partial charge < -0.3 is 10.2 Å². The van der Waals surface area contributed by atoms with Crippen LogP contribution >= 0.6 is 0 Å². The monoisotopic (exact) mass is 390 g/mol. The maximum Gasteiger partial charge on any atom is 0.206 e. The smallest absolute Gasteiger partial charge is 0.206 e. The Labute approximate surface area is 150 Å². The topological polar surface area (TPSA) is 109 Å². The van der Waals surface area contributed by atoms with E-state index in [4.69, 9.17) is 0 Å². The molecule has 0 unspecified atom stereocenters. The second kappa shape index (κ2) is 6.47. The van der Waals surface area contributed by atoms with Gasteiger partial charge in [-0.15, -0.1) is 0 Å². The molecule has 0 amide bonds. The first-order valence-electron chi connectivity index (χ1n) is 7.39. The Morgan fingerprint density at radius 2 is 0.615 bits per heavy atom. The van der Waals surface area contributed by atoms with Gasteiger partial charge in [0.15, 0.2) is 0 Å². The van der Waals surface area contributed by atoms with Crippen LogP contribution in [0.4, 0.5) is 0 Å². The van der Waals surface area contributed by atoms with Gasteiger partial charge in [0, 0.05) is 0 Å². The third kappa shape index (κ3) is 3.29. The summed E-state index contributed by atoms with van der Waals surface area (Å²) in [6.07, 6.45) is 0. The van der Waals surface area contributed by atoms with Crippen LogP contribution < -0.4 is 0 Å². The molecule has 0 aliphatic heterocycles. The van der Waals surface area contributed by atoms with Crippen molar-refractivity contribution < 1.29 is 27.0 Å². The summed E-state index contributed by atoms with van der Waals surface area (Å²) in [5.74, 6) is -0.112. The van der Waals surface area contributed by atoms with E-state index in [2.05, 4.69) is 0 Å². The first kappa shape index (κ1) is 18.0. The number of benzene rings is 3. The maximum atomic E-state index is 12.6. The third-order valence-electron chi connectivity index (χ3n) is 3.74. The van der Waals surface area contributed by atoms with E-state index in [1.54, 1.807) is 0 Å². The van der Waals surface area contributed by atoms with Gasteiger partial charge in [0.2, 0.25) is 19.7 Å². The molecule has 0 aromatic heterocycles. The number of hydrogen-bond donors (Lipinski definition) is 2. The van der Waals surface area contributed by atoms with Crippen LogP contribution in [0.5, 0.6) is 11.5 Å². The number of rotatable bonds is 4. The van der Waals surface area contributed by atoms with Crippen LogP contribution in [0.3, 0.4) is 0 Å². The predicted octanol–water partition coefficient (Wildman–Crippen LogP) is 2.76. The molecule has 26 heavy (non-hydrogen) atoms. The molecule has 0 aliphatic rings. The number of phenols is 2. The summed E-state index contributed by atoms with van der Waals surface area (Å²) in [6.45, 7) is 0. The minimum Gasteiger partial charge on any atom is -0.508 e. The summed E-state index contributed by atoms with van der Waals surface area (Å²) in [5.41, 5.74) is 0. The number of hydrogen-bond acceptors (Lipinski definition) is 6.